The maximum absolute atomic E-state index is 12.2. The van der Waals surface area contributed by atoms with E-state index in [1.165, 1.54) is 7.11 Å². The second-order valence-electron chi connectivity index (χ2n) is 5.29. The molecule has 1 aromatic carbocycles. The molecule has 22 heavy (non-hydrogen) atoms. The molecule has 7 heteroatoms. The zero-order valence-electron chi connectivity index (χ0n) is 13.7. The highest BCUT2D eigenvalue weighted by molar-refractivity contribution is 7.92. The molecule has 0 radical (unpaired) electrons. The van der Waals surface area contributed by atoms with Crippen molar-refractivity contribution in [3.8, 4) is 0 Å². The van der Waals surface area contributed by atoms with Crippen LogP contribution in [0.25, 0.3) is 0 Å². The van der Waals surface area contributed by atoms with Crippen LogP contribution in [0.3, 0.4) is 0 Å². The fourth-order valence-electron chi connectivity index (χ4n) is 2.10. The summed E-state index contributed by atoms with van der Waals surface area (Å²) in [5.41, 5.74) is 2.52. The van der Waals surface area contributed by atoms with Crippen LogP contribution in [0.1, 0.15) is 18.1 Å². The van der Waals surface area contributed by atoms with Crippen LogP contribution in [0.15, 0.2) is 18.2 Å². The number of methoxy groups -OCH3 is 1. The molecule has 0 aliphatic heterocycles. The number of nitrogens with zero attached hydrogens (tertiary/aromatic N) is 1. The number of nitrogens with one attached hydrogen (secondary N) is 1. The van der Waals surface area contributed by atoms with Crippen LogP contribution in [0.4, 0.5) is 5.69 Å². The maximum atomic E-state index is 12.2. The summed E-state index contributed by atoms with van der Waals surface area (Å²) in [5.74, 6) is -0.360. The highest BCUT2D eigenvalue weighted by atomic mass is 32.2. The minimum Gasteiger partial charge on any atom is -0.383 e. The van der Waals surface area contributed by atoms with Crippen LogP contribution in [-0.2, 0) is 19.6 Å². The lowest BCUT2D eigenvalue weighted by atomic mass is 10.1. The lowest BCUT2D eigenvalue weighted by molar-refractivity contribution is -0.122. The monoisotopic (exact) mass is 328 g/mol. The maximum Gasteiger partial charge on any atom is 0.243 e. The Morgan fingerprint density at radius 2 is 1.95 bits per heavy atom. The predicted molar refractivity (Wildman–Crippen MR) is 87.6 cm³/mol. The van der Waals surface area contributed by atoms with E-state index in [0.29, 0.717) is 18.8 Å². The lowest BCUT2D eigenvalue weighted by Crippen LogP contribution is -2.48. The van der Waals surface area contributed by atoms with Gasteiger partial charge in [-0.2, -0.15) is 0 Å². The molecule has 0 bridgehead atoms. The van der Waals surface area contributed by atoms with Crippen molar-refractivity contribution in [3.05, 3.63) is 29.3 Å². The van der Waals surface area contributed by atoms with E-state index in [2.05, 4.69) is 5.32 Å². The Morgan fingerprint density at radius 3 is 2.45 bits per heavy atom. The van der Waals surface area contributed by atoms with Crippen LogP contribution in [-0.4, -0.2) is 46.9 Å². The second kappa shape index (κ2) is 7.60. The summed E-state index contributed by atoms with van der Waals surface area (Å²) in [6.45, 7) is 6.14. The van der Waals surface area contributed by atoms with Crippen molar-refractivity contribution < 1.29 is 17.9 Å². The van der Waals surface area contributed by atoms with Crippen LogP contribution >= 0.6 is 0 Å². The van der Waals surface area contributed by atoms with Gasteiger partial charge in [-0.05, 0) is 44.0 Å². The van der Waals surface area contributed by atoms with E-state index in [9.17, 15) is 13.2 Å². The summed E-state index contributed by atoms with van der Waals surface area (Å²) in [6.07, 6.45) is 1.10. The third kappa shape index (κ3) is 4.71. The molecule has 1 amide bonds. The molecular weight excluding hydrogens is 304 g/mol. The summed E-state index contributed by atoms with van der Waals surface area (Å²) < 4.78 is 30.3. The van der Waals surface area contributed by atoms with Gasteiger partial charge in [0.05, 0.1) is 18.6 Å². The van der Waals surface area contributed by atoms with Crippen molar-refractivity contribution in [3.63, 3.8) is 0 Å². The van der Waals surface area contributed by atoms with E-state index in [-0.39, 0.29) is 5.91 Å². The van der Waals surface area contributed by atoms with Crippen LogP contribution in [0, 0.1) is 13.8 Å². The van der Waals surface area contributed by atoms with Crippen molar-refractivity contribution in [2.24, 2.45) is 0 Å². The summed E-state index contributed by atoms with van der Waals surface area (Å²) in [6, 6.07) is 4.49. The third-order valence-corrected chi connectivity index (χ3v) is 4.68. The number of ether oxygens (including phenoxy) is 1. The van der Waals surface area contributed by atoms with E-state index in [1.807, 2.05) is 19.9 Å². The van der Waals surface area contributed by atoms with Gasteiger partial charge in [-0.25, -0.2) is 8.42 Å². The molecule has 1 atom stereocenters. The smallest absolute Gasteiger partial charge is 0.243 e. The molecule has 1 N–H and O–H groups in total. The van der Waals surface area contributed by atoms with E-state index in [0.717, 1.165) is 21.7 Å². The predicted octanol–water partition coefficient (Wildman–Crippen LogP) is 1.22. The quantitative estimate of drug-likeness (QED) is 0.764. The van der Waals surface area contributed by atoms with E-state index >= 15 is 0 Å². The molecule has 0 aliphatic carbocycles. The van der Waals surface area contributed by atoms with Gasteiger partial charge in [0.25, 0.3) is 0 Å². The van der Waals surface area contributed by atoms with Gasteiger partial charge < -0.3 is 10.1 Å². The largest absolute Gasteiger partial charge is 0.383 e. The number of carbonyl (C=O) groups excluding carboxylic acids is 1. The molecule has 1 aromatic rings. The first-order chi connectivity index (χ1) is 10.2. The molecule has 0 aliphatic rings. The van der Waals surface area contributed by atoms with E-state index in [4.69, 9.17) is 4.74 Å². The van der Waals surface area contributed by atoms with Crippen LogP contribution in [0.2, 0.25) is 0 Å². The topological polar surface area (TPSA) is 75.7 Å². The molecule has 0 saturated heterocycles. The zero-order chi connectivity index (χ0) is 16.9. The Bertz CT molecular complexity index is 628. The zero-order valence-corrected chi connectivity index (χ0v) is 14.5. The molecule has 0 spiro atoms. The average Bonchev–Trinajstić information content (AvgIpc) is 2.41. The Balaban J connectivity index is 3.08. The van der Waals surface area contributed by atoms with Gasteiger partial charge in [-0.15, -0.1) is 0 Å². The Morgan fingerprint density at radius 1 is 1.32 bits per heavy atom. The number of benzene rings is 1. The number of aryl methyl sites for hydroxylation is 2. The number of anilines is 1. The van der Waals surface area contributed by atoms with E-state index < -0.39 is 16.1 Å². The number of sulfonamides is 1. The minimum absolute atomic E-state index is 0.338. The molecule has 0 saturated carbocycles. The highest BCUT2D eigenvalue weighted by Gasteiger charge is 2.29. The van der Waals surface area contributed by atoms with Gasteiger partial charge in [0.1, 0.15) is 6.04 Å². The van der Waals surface area contributed by atoms with Gasteiger partial charge >= 0.3 is 0 Å². The second-order valence-corrected chi connectivity index (χ2v) is 7.15. The van der Waals surface area contributed by atoms with Gasteiger partial charge in [0.2, 0.25) is 15.9 Å². The fraction of sp³-hybridized carbons (Fsp3) is 0.533. The molecule has 0 heterocycles. The van der Waals surface area contributed by atoms with Crippen LogP contribution < -0.4 is 9.62 Å². The summed E-state index contributed by atoms with van der Waals surface area (Å²) in [5, 5.41) is 2.66. The van der Waals surface area contributed by atoms with Crippen molar-refractivity contribution in [1.82, 2.24) is 5.32 Å². The molecule has 0 unspecified atom stereocenters. The molecular formula is C15H24N2O4S. The number of amides is 1. The SMILES string of the molecule is COCCNC(=O)[C@H](C)N(c1ccc(C)c(C)c1)S(C)(=O)=O. The molecule has 124 valence electrons. The highest BCUT2D eigenvalue weighted by Crippen LogP contribution is 2.23. The number of hydrogen-bond donors (Lipinski definition) is 1. The van der Waals surface area contributed by atoms with Crippen LogP contribution in [0.5, 0.6) is 0 Å². The number of carbonyl (C=O) groups is 1. The Labute approximate surface area is 132 Å². The average molecular weight is 328 g/mol. The normalized spacial score (nSPS) is 12.8. The number of hydrogen-bond acceptors (Lipinski definition) is 4. The third-order valence-electron chi connectivity index (χ3n) is 3.44. The lowest BCUT2D eigenvalue weighted by Gasteiger charge is -2.28. The standard InChI is InChI=1S/C15H24N2O4S/c1-11-6-7-14(10-12(11)2)17(22(5,19)20)13(3)15(18)16-8-9-21-4/h6-7,10,13H,8-9H2,1-5H3,(H,16,18)/t13-/m0/s1. The van der Waals surface area contributed by atoms with Crippen molar-refractivity contribution in [1.29, 1.82) is 0 Å². The molecule has 0 aromatic heterocycles. The van der Waals surface area contributed by atoms with Gasteiger partial charge in [0, 0.05) is 13.7 Å². The summed E-state index contributed by atoms with van der Waals surface area (Å²) in [4.78, 5) is 12.2. The van der Waals surface area contributed by atoms with Gasteiger partial charge in [0.15, 0.2) is 0 Å². The number of rotatable bonds is 7. The Hall–Kier alpha value is -1.60. The summed E-state index contributed by atoms with van der Waals surface area (Å²) in [7, 11) is -2.05. The van der Waals surface area contributed by atoms with Crippen molar-refractivity contribution >= 4 is 21.6 Å². The fourth-order valence-corrected chi connectivity index (χ4v) is 3.26. The Kier molecular flexibility index (Phi) is 6.37. The first-order valence-electron chi connectivity index (χ1n) is 7.01. The molecule has 6 nitrogen and oxygen atoms in total. The van der Waals surface area contributed by atoms with Crippen molar-refractivity contribution in [2.45, 2.75) is 26.8 Å². The summed E-state index contributed by atoms with van der Waals surface area (Å²) >= 11 is 0. The molecule has 0 fully saturated rings. The van der Waals surface area contributed by atoms with Crippen molar-refractivity contribution in [2.75, 3.05) is 30.8 Å². The molecule has 1 rings (SSSR count). The first kappa shape index (κ1) is 18.4. The minimum atomic E-state index is -3.58. The van der Waals surface area contributed by atoms with Gasteiger partial charge in [-0.1, -0.05) is 6.07 Å². The van der Waals surface area contributed by atoms with Gasteiger partial charge in [-0.3, -0.25) is 9.10 Å². The first-order valence-corrected chi connectivity index (χ1v) is 8.86. The van der Waals surface area contributed by atoms with E-state index in [1.54, 1.807) is 19.1 Å².